The van der Waals surface area contributed by atoms with Crippen molar-refractivity contribution in [2.45, 2.75) is 31.8 Å². The lowest BCUT2D eigenvalue weighted by Gasteiger charge is -2.19. The van der Waals surface area contributed by atoms with E-state index in [9.17, 15) is 0 Å². The van der Waals surface area contributed by atoms with Gasteiger partial charge in [0.25, 0.3) is 0 Å². The summed E-state index contributed by atoms with van der Waals surface area (Å²) in [5.41, 5.74) is 1.17. The van der Waals surface area contributed by atoms with Gasteiger partial charge in [0, 0.05) is 22.1 Å². The number of rotatable bonds is 3. The summed E-state index contributed by atoms with van der Waals surface area (Å²) >= 11 is 9.57. The van der Waals surface area contributed by atoms with Crippen LogP contribution >= 0.6 is 27.5 Å². The average Bonchev–Trinajstić information content (AvgIpc) is 2.29. The van der Waals surface area contributed by atoms with Crippen LogP contribution in [-0.2, 0) is 6.54 Å². The zero-order valence-electron chi connectivity index (χ0n) is 9.05. The van der Waals surface area contributed by atoms with Crippen molar-refractivity contribution >= 4 is 27.5 Å². The van der Waals surface area contributed by atoms with Crippen molar-refractivity contribution in [2.24, 2.45) is 0 Å². The maximum absolute atomic E-state index is 6.16. The molecule has 0 saturated carbocycles. The van der Waals surface area contributed by atoms with Crippen LogP contribution in [-0.4, -0.2) is 6.04 Å². The van der Waals surface area contributed by atoms with E-state index in [1.165, 1.54) is 18.4 Å². The molecule has 1 aliphatic carbocycles. The molecule has 0 radical (unpaired) electrons. The van der Waals surface area contributed by atoms with Crippen LogP contribution in [0.15, 0.2) is 34.8 Å². The van der Waals surface area contributed by atoms with Crippen LogP contribution in [0.5, 0.6) is 0 Å². The van der Waals surface area contributed by atoms with Crippen molar-refractivity contribution in [2.75, 3.05) is 0 Å². The molecular weight excluding hydrogens is 286 g/mol. The quantitative estimate of drug-likeness (QED) is 0.821. The summed E-state index contributed by atoms with van der Waals surface area (Å²) in [4.78, 5) is 0. The third-order valence-electron chi connectivity index (χ3n) is 2.87. The van der Waals surface area contributed by atoms with Crippen LogP contribution in [0.4, 0.5) is 0 Å². The molecule has 1 aliphatic rings. The fourth-order valence-electron chi connectivity index (χ4n) is 1.90. The summed E-state index contributed by atoms with van der Waals surface area (Å²) in [6.07, 6.45) is 8.06. The Kier molecular flexibility index (Phi) is 4.45. The SMILES string of the molecule is Clc1cc(Br)ccc1CNC1CC=CCC1. The van der Waals surface area contributed by atoms with Crippen molar-refractivity contribution in [3.63, 3.8) is 0 Å². The molecule has 1 aromatic carbocycles. The van der Waals surface area contributed by atoms with Crippen molar-refractivity contribution in [3.05, 3.63) is 45.4 Å². The molecule has 0 bridgehead atoms. The minimum absolute atomic E-state index is 0.602. The number of allylic oxidation sites excluding steroid dienone is 1. The zero-order chi connectivity index (χ0) is 11.4. The van der Waals surface area contributed by atoms with Gasteiger partial charge in [-0.05, 0) is 37.0 Å². The molecule has 0 fully saturated rings. The minimum Gasteiger partial charge on any atom is -0.310 e. The van der Waals surface area contributed by atoms with Crippen LogP contribution in [0, 0.1) is 0 Å². The van der Waals surface area contributed by atoms with Crippen LogP contribution in [0.2, 0.25) is 5.02 Å². The standard InChI is InChI=1S/C13H15BrClN/c14-11-7-6-10(13(15)8-11)9-16-12-4-2-1-3-5-12/h1-2,6-8,12,16H,3-5,9H2. The molecule has 0 aromatic heterocycles. The van der Waals surface area contributed by atoms with E-state index in [4.69, 9.17) is 11.6 Å². The van der Waals surface area contributed by atoms with Gasteiger partial charge in [0.1, 0.15) is 0 Å². The highest BCUT2D eigenvalue weighted by molar-refractivity contribution is 9.10. The Morgan fingerprint density at radius 2 is 2.25 bits per heavy atom. The number of halogens is 2. The van der Waals surface area contributed by atoms with Gasteiger partial charge in [0.05, 0.1) is 0 Å². The molecule has 86 valence electrons. The second-order valence-corrected chi connectivity index (χ2v) is 5.42. The van der Waals surface area contributed by atoms with E-state index in [1.807, 2.05) is 12.1 Å². The Morgan fingerprint density at radius 1 is 1.38 bits per heavy atom. The van der Waals surface area contributed by atoms with Crippen molar-refractivity contribution in [1.82, 2.24) is 5.32 Å². The highest BCUT2D eigenvalue weighted by atomic mass is 79.9. The van der Waals surface area contributed by atoms with E-state index in [1.54, 1.807) is 0 Å². The highest BCUT2D eigenvalue weighted by Crippen LogP contribution is 2.21. The molecule has 16 heavy (non-hydrogen) atoms. The molecule has 1 nitrogen and oxygen atoms in total. The third kappa shape index (κ3) is 3.34. The van der Waals surface area contributed by atoms with Gasteiger partial charge in [-0.25, -0.2) is 0 Å². The Bertz CT molecular complexity index is 390. The van der Waals surface area contributed by atoms with Gasteiger partial charge in [-0.2, -0.15) is 0 Å². The molecule has 0 amide bonds. The van der Waals surface area contributed by atoms with Gasteiger partial charge < -0.3 is 5.32 Å². The van der Waals surface area contributed by atoms with E-state index in [-0.39, 0.29) is 0 Å². The molecule has 0 aliphatic heterocycles. The summed E-state index contributed by atoms with van der Waals surface area (Å²) in [7, 11) is 0. The summed E-state index contributed by atoms with van der Waals surface area (Å²) in [6, 6.07) is 6.64. The normalized spacial score (nSPS) is 20.0. The first-order valence-electron chi connectivity index (χ1n) is 5.58. The molecule has 0 heterocycles. The van der Waals surface area contributed by atoms with Gasteiger partial charge in [-0.15, -0.1) is 0 Å². The monoisotopic (exact) mass is 299 g/mol. The molecule has 1 N–H and O–H groups in total. The number of benzene rings is 1. The van der Waals surface area contributed by atoms with Crippen LogP contribution in [0.25, 0.3) is 0 Å². The fraction of sp³-hybridized carbons (Fsp3) is 0.385. The number of nitrogens with one attached hydrogen (secondary N) is 1. The summed E-state index contributed by atoms with van der Waals surface area (Å²) < 4.78 is 1.03. The van der Waals surface area contributed by atoms with E-state index >= 15 is 0 Å². The first kappa shape index (κ1) is 12.2. The molecule has 1 aromatic rings. The lowest BCUT2D eigenvalue weighted by Crippen LogP contribution is -2.29. The maximum atomic E-state index is 6.16. The lowest BCUT2D eigenvalue weighted by atomic mass is 10.0. The molecule has 1 unspecified atom stereocenters. The fourth-order valence-corrected chi connectivity index (χ4v) is 2.64. The zero-order valence-corrected chi connectivity index (χ0v) is 11.4. The average molecular weight is 301 g/mol. The van der Waals surface area contributed by atoms with Gasteiger partial charge in [0.15, 0.2) is 0 Å². The Labute approximate surface area is 110 Å². The number of hydrogen-bond acceptors (Lipinski definition) is 1. The lowest BCUT2D eigenvalue weighted by molar-refractivity contribution is 0.474. The Morgan fingerprint density at radius 3 is 2.94 bits per heavy atom. The van der Waals surface area contributed by atoms with Gasteiger partial charge in [-0.1, -0.05) is 45.7 Å². The highest BCUT2D eigenvalue weighted by Gasteiger charge is 2.09. The molecular formula is C13H15BrClN. The second kappa shape index (κ2) is 5.85. The van der Waals surface area contributed by atoms with Crippen molar-refractivity contribution in [1.29, 1.82) is 0 Å². The van der Waals surface area contributed by atoms with E-state index in [0.717, 1.165) is 22.5 Å². The van der Waals surface area contributed by atoms with Gasteiger partial charge >= 0.3 is 0 Å². The van der Waals surface area contributed by atoms with Crippen molar-refractivity contribution in [3.8, 4) is 0 Å². The molecule has 0 saturated heterocycles. The molecule has 0 spiro atoms. The first-order valence-corrected chi connectivity index (χ1v) is 6.75. The van der Waals surface area contributed by atoms with Gasteiger partial charge in [-0.3, -0.25) is 0 Å². The maximum Gasteiger partial charge on any atom is 0.0462 e. The van der Waals surface area contributed by atoms with Crippen LogP contribution in [0.1, 0.15) is 24.8 Å². The predicted molar refractivity (Wildman–Crippen MR) is 72.8 cm³/mol. The summed E-state index contributed by atoms with van der Waals surface area (Å²) in [5.74, 6) is 0. The van der Waals surface area contributed by atoms with Crippen LogP contribution in [0.3, 0.4) is 0 Å². The van der Waals surface area contributed by atoms with Gasteiger partial charge in [0.2, 0.25) is 0 Å². The van der Waals surface area contributed by atoms with Crippen molar-refractivity contribution < 1.29 is 0 Å². The Hall–Kier alpha value is -0.310. The predicted octanol–water partition coefficient (Wildman–Crippen LogP) is 4.30. The summed E-state index contributed by atoms with van der Waals surface area (Å²) in [5, 5.41) is 4.37. The molecule has 1 atom stereocenters. The minimum atomic E-state index is 0.602. The second-order valence-electron chi connectivity index (χ2n) is 4.10. The van der Waals surface area contributed by atoms with E-state index < -0.39 is 0 Å². The topological polar surface area (TPSA) is 12.0 Å². The number of hydrogen-bond donors (Lipinski definition) is 1. The van der Waals surface area contributed by atoms with Crippen LogP contribution < -0.4 is 5.32 Å². The molecule has 2 rings (SSSR count). The molecule has 3 heteroatoms. The smallest absolute Gasteiger partial charge is 0.0462 e. The van der Waals surface area contributed by atoms with E-state index in [2.05, 4.69) is 39.5 Å². The summed E-state index contributed by atoms with van der Waals surface area (Å²) in [6.45, 7) is 0.852. The first-order chi connectivity index (χ1) is 7.75. The third-order valence-corrected chi connectivity index (χ3v) is 3.71. The largest absolute Gasteiger partial charge is 0.310 e. The van der Waals surface area contributed by atoms with E-state index in [0.29, 0.717) is 6.04 Å². The Balaban J connectivity index is 1.91.